The van der Waals surface area contributed by atoms with Crippen molar-refractivity contribution in [3.8, 4) is 0 Å². The van der Waals surface area contributed by atoms with E-state index in [1.54, 1.807) is 12.1 Å². The summed E-state index contributed by atoms with van der Waals surface area (Å²) in [5, 5.41) is 3.32. The highest BCUT2D eigenvalue weighted by Crippen LogP contribution is 2.07. The Kier molecular flexibility index (Phi) is 4.01. The average molecular weight is 292 g/mol. The van der Waals surface area contributed by atoms with Gasteiger partial charge in [0, 0.05) is 23.6 Å². The maximum Gasteiger partial charge on any atom is 0.256 e. The number of pyridine rings is 1. The van der Waals surface area contributed by atoms with Crippen LogP contribution in [0.4, 0.5) is 0 Å². The van der Waals surface area contributed by atoms with E-state index in [4.69, 9.17) is 0 Å². The quantitative estimate of drug-likeness (QED) is 0.776. The zero-order valence-corrected chi connectivity index (χ0v) is 12.0. The topological polar surface area (TPSA) is 62.0 Å². The molecular formula is C18H16N2O2. The Bertz CT molecular complexity index is 854. The van der Waals surface area contributed by atoms with Crippen LogP contribution in [0, 0.1) is 0 Å². The lowest BCUT2D eigenvalue weighted by Gasteiger charge is -2.06. The lowest BCUT2D eigenvalue weighted by Crippen LogP contribution is -2.30. The second kappa shape index (κ2) is 6.26. The smallest absolute Gasteiger partial charge is 0.256 e. The Hall–Kier alpha value is -2.88. The summed E-state index contributed by atoms with van der Waals surface area (Å²) >= 11 is 0. The molecular weight excluding hydrogens is 276 g/mol. The molecule has 0 aliphatic carbocycles. The summed E-state index contributed by atoms with van der Waals surface area (Å²) < 4.78 is 0. The maximum atomic E-state index is 12.3. The van der Waals surface area contributed by atoms with E-state index >= 15 is 0 Å². The van der Waals surface area contributed by atoms with Gasteiger partial charge in [0.15, 0.2) is 0 Å². The van der Waals surface area contributed by atoms with Gasteiger partial charge in [0.05, 0.1) is 0 Å². The molecule has 2 aromatic carbocycles. The second-order valence-electron chi connectivity index (χ2n) is 5.07. The van der Waals surface area contributed by atoms with Crippen molar-refractivity contribution in [2.24, 2.45) is 0 Å². The van der Waals surface area contributed by atoms with Gasteiger partial charge in [-0.05, 0) is 24.1 Å². The molecule has 4 nitrogen and oxygen atoms in total. The first-order valence-corrected chi connectivity index (χ1v) is 7.18. The number of rotatable bonds is 4. The molecule has 110 valence electrons. The van der Waals surface area contributed by atoms with Crippen LogP contribution in [0.15, 0.2) is 65.6 Å². The molecule has 0 unspecified atom stereocenters. The van der Waals surface area contributed by atoms with Gasteiger partial charge in [-0.3, -0.25) is 9.59 Å². The summed E-state index contributed by atoms with van der Waals surface area (Å²) in [6, 6.07) is 17.1. The van der Waals surface area contributed by atoms with Crippen LogP contribution in [0.5, 0.6) is 0 Å². The number of nitrogens with one attached hydrogen (secondary N) is 2. The third kappa shape index (κ3) is 2.91. The molecule has 0 bridgehead atoms. The molecule has 0 aliphatic rings. The zero-order chi connectivity index (χ0) is 15.4. The lowest BCUT2D eigenvalue weighted by atomic mass is 10.1. The SMILES string of the molecule is O=C(NCCc1ccccc1)c1c[nH]c2ccccc2c1=O. The van der Waals surface area contributed by atoms with E-state index in [0.29, 0.717) is 11.9 Å². The van der Waals surface area contributed by atoms with Crippen molar-refractivity contribution in [1.82, 2.24) is 10.3 Å². The zero-order valence-electron chi connectivity index (χ0n) is 12.0. The average Bonchev–Trinajstić information content (AvgIpc) is 2.56. The predicted octanol–water partition coefficient (Wildman–Crippen LogP) is 2.50. The Morgan fingerprint density at radius 2 is 1.73 bits per heavy atom. The minimum absolute atomic E-state index is 0.145. The molecule has 22 heavy (non-hydrogen) atoms. The number of para-hydroxylation sites is 1. The number of carbonyl (C=O) groups is 1. The molecule has 0 spiro atoms. The van der Waals surface area contributed by atoms with Crippen LogP contribution in [0.3, 0.4) is 0 Å². The molecule has 1 aromatic heterocycles. The van der Waals surface area contributed by atoms with Crippen LogP contribution < -0.4 is 10.7 Å². The second-order valence-corrected chi connectivity index (χ2v) is 5.07. The van der Waals surface area contributed by atoms with Crippen molar-refractivity contribution in [1.29, 1.82) is 0 Å². The van der Waals surface area contributed by atoms with Crippen molar-refractivity contribution in [2.75, 3.05) is 6.54 Å². The summed E-state index contributed by atoms with van der Waals surface area (Å²) in [6.45, 7) is 0.495. The summed E-state index contributed by atoms with van der Waals surface area (Å²) in [4.78, 5) is 27.5. The number of carbonyl (C=O) groups excluding carboxylic acids is 1. The third-order valence-corrected chi connectivity index (χ3v) is 3.58. The van der Waals surface area contributed by atoms with E-state index in [0.717, 1.165) is 17.5 Å². The summed E-state index contributed by atoms with van der Waals surface area (Å²) in [7, 11) is 0. The molecule has 2 N–H and O–H groups in total. The molecule has 0 saturated heterocycles. The number of hydrogen-bond donors (Lipinski definition) is 2. The van der Waals surface area contributed by atoms with Gasteiger partial charge in [-0.1, -0.05) is 42.5 Å². The van der Waals surface area contributed by atoms with Gasteiger partial charge >= 0.3 is 0 Å². The van der Waals surface area contributed by atoms with Crippen LogP contribution in [0.25, 0.3) is 10.9 Å². The van der Waals surface area contributed by atoms with Crippen LogP contribution in [-0.2, 0) is 6.42 Å². The monoisotopic (exact) mass is 292 g/mol. The normalized spacial score (nSPS) is 10.5. The summed E-state index contributed by atoms with van der Waals surface area (Å²) in [5.41, 5.74) is 1.78. The number of amides is 1. The van der Waals surface area contributed by atoms with Gasteiger partial charge in [-0.25, -0.2) is 0 Å². The minimum atomic E-state index is -0.345. The first-order valence-electron chi connectivity index (χ1n) is 7.18. The number of H-pyrrole nitrogens is 1. The molecule has 1 heterocycles. The number of benzene rings is 2. The highest BCUT2D eigenvalue weighted by atomic mass is 16.2. The number of aromatic amines is 1. The number of fused-ring (bicyclic) bond motifs is 1. The van der Waals surface area contributed by atoms with Gasteiger partial charge in [0.2, 0.25) is 5.43 Å². The Morgan fingerprint density at radius 1 is 1.00 bits per heavy atom. The van der Waals surface area contributed by atoms with E-state index in [9.17, 15) is 9.59 Å². The van der Waals surface area contributed by atoms with Crippen molar-refractivity contribution < 1.29 is 4.79 Å². The molecule has 0 saturated carbocycles. The minimum Gasteiger partial charge on any atom is -0.360 e. The highest BCUT2D eigenvalue weighted by molar-refractivity contribution is 5.97. The van der Waals surface area contributed by atoms with Gasteiger partial charge in [-0.15, -0.1) is 0 Å². The van der Waals surface area contributed by atoms with Gasteiger partial charge in [-0.2, -0.15) is 0 Å². The van der Waals surface area contributed by atoms with Crippen molar-refractivity contribution in [3.63, 3.8) is 0 Å². The fourth-order valence-electron chi connectivity index (χ4n) is 2.40. The van der Waals surface area contributed by atoms with Crippen LogP contribution >= 0.6 is 0 Å². The van der Waals surface area contributed by atoms with Crippen molar-refractivity contribution >= 4 is 16.8 Å². The Balaban J connectivity index is 1.73. The van der Waals surface area contributed by atoms with E-state index in [1.807, 2.05) is 42.5 Å². The van der Waals surface area contributed by atoms with E-state index in [-0.39, 0.29) is 16.9 Å². The Labute approximate surface area is 127 Å². The standard InChI is InChI=1S/C18H16N2O2/c21-17-14-8-4-5-9-16(14)20-12-15(17)18(22)19-11-10-13-6-2-1-3-7-13/h1-9,12H,10-11H2,(H,19,22)(H,20,21). The molecule has 3 aromatic rings. The predicted molar refractivity (Wildman–Crippen MR) is 87.0 cm³/mol. The molecule has 0 radical (unpaired) electrons. The van der Waals surface area contributed by atoms with Crippen molar-refractivity contribution in [3.05, 3.63) is 82.1 Å². The summed E-state index contributed by atoms with van der Waals surface area (Å²) in [5.74, 6) is -0.345. The maximum absolute atomic E-state index is 12.3. The Morgan fingerprint density at radius 3 is 2.55 bits per heavy atom. The van der Waals surface area contributed by atoms with Gasteiger partial charge in [0.1, 0.15) is 5.56 Å². The van der Waals surface area contributed by atoms with Crippen LogP contribution in [0.2, 0.25) is 0 Å². The lowest BCUT2D eigenvalue weighted by molar-refractivity contribution is 0.0953. The fraction of sp³-hybridized carbons (Fsp3) is 0.111. The van der Waals surface area contributed by atoms with E-state index in [1.165, 1.54) is 6.20 Å². The van der Waals surface area contributed by atoms with Gasteiger partial charge in [0.25, 0.3) is 5.91 Å². The number of hydrogen-bond acceptors (Lipinski definition) is 2. The van der Waals surface area contributed by atoms with E-state index < -0.39 is 0 Å². The molecule has 4 heteroatoms. The van der Waals surface area contributed by atoms with Crippen LogP contribution in [0.1, 0.15) is 15.9 Å². The molecule has 0 fully saturated rings. The molecule has 0 aliphatic heterocycles. The fourth-order valence-corrected chi connectivity index (χ4v) is 2.40. The van der Waals surface area contributed by atoms with Crippen molar-refractivity contribution in [2.45, 2.75) is 6.42 Å². The molecule has 0 atom stereocenters. The summed E-state index contributed by atoms with van der Waals surface area (Å²) in [6.07, 6.45) is 2.21. The largest absolute Gasteiger partial charge is 0.360 e. The first kappa shape index (κ1) is 14.1. The van der Waals surface area contributed by atoms with E-state index in [2.05, 4.69) is 10.3 Å². The highest BCUT2D eigenvalue weighted by Gasteiger charge is 2.12. The molecule has 1 amide bonds. The first-order chi connectivity index (χ1) is 10.8. The molecule has 3 rings (SSSR count). The van der Waals surface area contributed by atoms with Gasteiger partial charge < -0.3 is 10.3 Å². The third-order valence-electron chi connectivity index (χ3n) is 3.58. The number of aromatic nitrogens is 1. The van der Waals surface area contributed by atoms with Crippen LogP contribution in [-0.4, -0.2) is 17.4 Å².